The van der Waals surface area contributed by atoms with Crippen LogP contribution in [0.25, 0.3) is 27.7 Å². The van der Waals surface area contributed by atoms with Gasteiger partial charge in [-0.1, -0.05) is 60.7 Å². The van der Waals surface area contributed by atoms with Crippen LogP contribution in [0, 0.1) is 0 Å². The maximum absolute atomic E-state index is 12.7. The quantitative estimate of drug-likeness (QED) is 0.466. The smallest absolute Gasteiger partial charge is 0.255 e. The number of carbonyl (C=O) groups excluding carboxylic acids is 1. The molecule has 28 heavy (non-hydrogen) atoms. The highest BCUT2D eigenvalue weighted by atomic mass is 16.1. The average Bonchev–Trinajstić information content (AvgIpc) is 3.18. The molecule has 0 saturated heterocycles. The van der Waals surface area contributed by atoms with Crippen molar-refractivity contribution in [2.75, 3.05) is 5.32 Å². The fourth-order valence-corrected chi connectivity index (χ4v) is 3.34. The van der Waals surface area contributed by atoms with Gasteiger partial charge in [0.1, 0.15) is 5.65 Å². The second-order valence-corrected chi connectivity index (χ2v) is 6.69. The normalized spacial score (nSPS) is 11.0. The number of nitrogens with one attached hydrogen (secondary N) is 1. The maximum atomic E-state index is 12.7. The fourth-order valence-electron chi connectivity index (χ4n) is 3.34. The molecule has 3 aromatic carbocycles. The Hall–Kier alpha value is -3.92. The van der Waals surface area contributed by atoms with Gasteiger partial charge in [-0.15, -0.1) is 0 Å². The number of hydrogen-bond acceptors (Lipinski definition) is 2. The van der Waals surface area contributed by atoms with Crippen LogP contribution in [-0.2, 0) is 0 Å². The van der Waals surface area contributed by atoms with Crippen LogP contribution < -0.4 is 5.32 Å². The van der Waals surface area contributed by atoms with Gasteiger partial charge in [-0.3, -0.25) is 4.79 Å². The first-order valence-corrected chi connectivity index (χ1v) is 9.11. The van der Waals surface area contributed by atoms with Crippen LogP contribution in [0.15, 0.2) is 97.3 Å². The molecule has 0 atom stereocenters. The van der Waals surface area contributed by atoms with Crippen LogP contribution in [0.2, 0.25) is 0 Å². The highest BCUT2D eigenvalue weighted by Gasteiger charge is 2.10. The summed E-state index contributed by atoms with van der Waals surface area (Å²) < 4.78 is 1.93. The van der Waals surface area contributed by atoms with Crippen molar-refractivity contribution in [3.05, 3.63) is 103 Å². The van der Waals surface area contributed by atoms with Crippen LogP contribution in [0.5, 0.6) is 0 Å². The summed E-state index contributed by atoms with van der Waals surface area (Å²) in [5, 5.41) is 5.22. The van der Waals surface area contributed by atoms with Crippen molar-refractivity contribution in [2.45, 2.75) is 0 Å². The number of carbonyl (C=O) groups is 1. The van der Waals surface area contributed by atoms with Crippen LogP contribution in [0.1, 0.15) is 10.4 Å². The lowest BCUT2D eigenvalue weighted by molar-refractivity contribution is 0.102. The Bertz CT molecular complexity index is 1310. The molecule has 134 valence electrons. The molecule has 0 saturated carbocycles. The van der Waals surface area contributed by atoms with E-state index in [4.69, 9.17) is 0 Å². The molecule has 4 nitrogen and oxygen atoms in total. The Morgan fingerprint density at radius 1 is 0.821 bits per heavy atom. The molecule has 0 aliphatic carbocycles. The van der Waals surface area contributed by atoms with Gasteiger partial charge < -0.3 is 9.72 Å². The average molecular weight is 363 g/mol. The van der Waals surface area contributed by atoms with E-state index in [9.17, 15) is 4.79 Å². The van der Waals surface area contributed by atoms with Gasteiger partial charge in [0.15, 0.2) is 0 Å². The van der Waals surface area contributed by atoms with Crippen LogP contribution in [0.3, 0.4) is 0 Å². The number of pyridine rings is 1. The topological polar surface area (TPSA) is 46.4 Å². The van der Waals surface area contributed by atoms with Gasteiger partial charge in [0.05, 0.1) is 5.69 Å². The third-order valence-electron chi connectivity index (χ3n) is 4.80. The third kappa shape index (κ3) is 3.01. The van der Waals surface area contributed by atoms with Crippen LogP contribution >= 0.6 is 0 Å². The molecule has 5 rings (SSSR count). The summed E-state index contributed by atoms with van der Waals surface area (Å²) in [4.78, 5) is 17.4. The fraction of sp³-hybridized carbons (Fsp3) is 0. The molecular formula is C24H17N3O. The van der Waals surface area contributed by atoms with E-state index in [2.05, 4.69) is 16.4 Å². The lowest BCUT2D eigenvalue weighted by Gasteiger charge is -2.07. The van der Waals surface area contributed by atoms with Crippen molar-refractivity contribution in [3.8, 4) is 11.3 Å². The zero-order chi connectivity index (χ0) is 18.9. The Balaban J connectivity index is 1.43. The molecule has 2 heterocycles. The second-order valence-electron chi connectivity index (χ2n) is 6.69. The van der Waals surface area contributed by atoms with Gasteiger partial charge in [0.2, 0.25) is 0 Å². The predicted molar refractivity (Wildman–Crippen MR) is 113 cm³/mol. The molecule has 0 aliphatic rings. The Labute approximate surface area is 162 Å². The molecule has 2 aromatic heterocycles. The van der Waals surface area contributed by atoms with Gasteiger partial charge in [0.25, 0.3) is 5.91 Å². The SMILES string of the molecule is O=C(Nc1ccc2ccccc2c1)c1ccn2cc(-c3ccccc3)nc2c1. The largest absolute Gasteiger partial charge is 0.322 e. The van der Waals surface area contributed by atoms with Crippen molar-refractivity contribution in [3.63, 3.8) is 0 Å². The first kappa shape index (κ1) is 16.3. The summed E-state index contributed by atoms with van der Waals surface area (Å²) in [6.45, 7) is 0. The number of imidazole rings is 1. The van der Waals surface area contributed by atoms with E-state index in [0.717, 1.165) is 33.4 Å². The minimum Gasteiger partial charge on any atom is -0.322 e. The summed E-state index contributed by atoms with van der Waals surface area (Å²) in [7, 11) is 0. The minimum atomic E-state index is -0.151. The summed E-state index contributed by atoms with van der Waals surface area (Å²) in [5.41, 5.74) is 4.02. The van der Waals surface area contributed by atoms with Gasteiger partial charge in [-0.05, 0) is 35.0 Å². The number of nitrogens with zero attached hydrogens (tertiary/aromatic N) is 2. The summed E-state index contributed by atoms with van der Waals surface area (Å²) in [5.74, 6) is -0.151. The standard InChI is InChI=1S/C24H17N3O/c28-24(25-21-11-10-17-6-4-5-9-19(17)14-21)20-12-13-27-16-22(26-23(27)15-20)18-7-2-1-3-8-18/h1-16H,(H,25,28). The molecule has 1 N–H and O–H groups in total. The van der Waals surface area contributed by atoms with Crippen LogP contribution in [0.4, 0.5) is 5.69 Å². The van der Waals surface area contributed by atoms with Gasteiger partial charge >= 0.3 is 0 Å². The highest BCUT2D eigenvalue weighted by Crippen LogP contribution is 2.21. The van der Waals surface area contributed by atoms with Crippen molar-refractivity contribution in [1.29, 1.82) is 0 Å². The van der Waals surface area contributed by atoms with Crippen molar-refractivity contribution in [2.24, 2.45) is 0 Å². The zero-order valence-electron chi connectivity index (χ0n) is 15.0. The number of hydrogen-bond donors (Lipinski definition) is 1. The van der Waals surface area contributed by atoms with Crippen molar-refractivity contribution < 1.29 is 4.79 Å². The summed E-state index contributed by atoms with van der Waals surface area (Å²) in [6.07, 6.45) is 3.83. The van der Waals surface area contributed by atoms with Crippen LogP contribution in [-0.4, -0.2) is 15.3 Å². The minimum absolute atomic E-state index is 0.151. The van der Waals surface area contributed by atoms with Gasteiger partial charge in [-0.2, -0.15) is 0 Å². The van der Waals surface area contributed by atoms with E-state index in [1.165, 1.54) is 0 Å². The molecule has 0 aliphatic heterocycles. The van der Waals surface area contributed by atoms with E-state index < -0.39 is 0 Å². The lowest BCUT2D eigenvalue weighted by Crippen LogP contribution is -2.12. The number of fused-ring (bicyclic) bond motifs is 2. The maximum Gasteiger partial charge on any atom is 0.255 e. The first-order chi connectivity index (χ1) is 13.8. The van der Waals surface area contributed by atoms with E-state index in [-0.39, 0.29) is 5.91 Å². The number of rotatable bonds is 3. The van der Waals surface area contributed by atoms with Gasteiger partial charge in [0, 0.05) is 29.2 Å². The van der Waals surface area contributed by atoms with E-state index in [0.29, 0.717) is 5.56 Å². The molecule has 0 bridgehead atoms. The second kappa shape index (κ2) is 6.67. The molecular weight excluding hydrogens is 346 g/mol. The molecule has 4 heteroatoms. The molecule has 0 fully saturated rings. The first-order valence-electron chi connectivity index (χ1n) is 9.11. The number of anilines is 1. The highest BCUT2D eigenvalue weighted by molar-refractivity contribution is 6.05. The lowest BCUT2D eigenvalue weighted by atomic mass is 10.1. The zero-order valence-corrected chi connectivity index (χ0v) is 15.0. The summed E-state index contributed by atoms with van der Waals surface area (Å²) >= 11 is 0. The van der Waals surface area contributed by atoms with Gasteiger partial charge in [-0.25, -0.2) is 4.98 Å². The van der Waals surface area contributed by atoms with Crippen molar-refractivity contribution in [1.82, 2.24) is 9.38 Å². The van der Waals surface area contributed by atoms with E-state index in [1.807, 2.05) is 89.6 Å². The third-order valence-corrected chi connectivity index (χ3v) is 4.80. The molecule has 0 radical (unpaired) electrons. The molecule has 0 spiro atoms. The molecule has 5 aromatic rings. The monoisotopic (exact) mass is 363 g/mol. The molecule has 1 amide bonds. The summed E-state index contributed by atoms with van der Waals surface area (Å²) in [6, 6.07) is 27.6. The number of amides is 1. The number of aromatic nitrogens is 2. The van der Waals surface area contributed by atoms with Crippen molar-refractivity contribution >= 4 is 28.0 Å². The predicted octanol–water partition coefficient (Wildman–Crippen LogP) is 5.41. The molecule has 0 unspecified atom stereocenters. The van der Waals surface area contributed by atoms with E-state index in [1.54, 1.807) is 6.07 Å². The Morgan fingerprint density at radius 3 is 2.46 bits per heavy atom. The van der Waals surface area contributed by atoms with E-state index >= 15 is 0 Å². The number of benzene rings is 3. The Kier molecular flexibility index (Phi) is 3.87. The Morgan fingerprint density at radius 2 is 1.61 bits per heavy atom.